The minimum atomic E-state index is -0.273. The normalized spacial score (nSPS) is 11.9. The molecule has 2 heterocycles. The van der Waals surface area contributed by atoms with E-state index < -0.39 is 0 Å². The molecule has 5 nitrogen and oxygen atoms in total. The minimum absolute atomic E-state index is 0.0964. The molecule has 3 aromatic rings. The largest absolute Gasteiger partial charge is 0.338 e. The molecule has 120 valence electrons. The first-order valence-corrected chi connectivity index (χ1v) is 8.12. The fourth-order valence-corrected chi connectivity index (χ4v) is 2.94. The summed E-state index contributed by atoms with van der Waals surface area (Å²) < 4.78 is 18.2. The van der Waals surface area contributed by atoms with Crippen LogP contribution in [0.3, 0.4) is 0 Å². The summed E-state index contributed by atoms with van der Waals surface area (Å²) in [6.45, 7) is 1.93. The number of hydrogen-bond acceptors (Lipinski definition) is 6. The van der Waals surface area contributed by atoms with Crippen molar-refractivity contribution in [2.75, 3.05) is 0 Å². The lowest BCUT2D eigenvalue weighted by atomic mass is 10.1. The molecule has 0 N–H and O–H groups in total. The number of thioether (sulfide) groups is 1. The summed E-state index contributed by atoms with van der Waals surface area (Å²) in [4.78, 5) is 8.60. The maximum atomic E-state index is 12.9. The highest BCUT2D eigenvalue weighted by atomic mass is 32.2. The number of rotatable bonds is 5. The van der Waals surface area contributed by atoms with E-state index >= 15 is 0 Å². The van der Waals surface area contributed by atoms with Crippen molar-refractivity contribution in [2.45, 2.75) is 23.6 Å². The van der Waals surface area contributed by atoms with Gasteiger partial charge in [0.25, 0.3) is 0 Å². The van der Waals surface area contributed by atoms with Gasteiger partial charge in [-0.3, -0.25) is 0 Å². The van der Waals surface area contributed by atoms with E-state index in [9.17, 15) is 4.39 Å². The maximum Gasteiger partial charge on any atom is 0.239 e. The third kappa shape index (κ3) is 3.97. The summed E-state index contributed by atoms with van der Waals surface area (Å²) >= 11 is 1.44. The van der Waals surface area contributed by atoms with Crippen LogP contribution in [-0.4, -0.2) is 15.1 Å². The van der Waals surface area contributed by atoms with Crippen LogP contribution in [0.15, 0.2) is 52.1 Å². The highest BCUT2D eigenvalue weighted by molar-refractivity contribution is 7.99. The topological polar surface area (TPSA) is 75.6 Å². The van der Waals surface area contributed by atoms with E-state index in [1.165, 1.54) is 23.9 Å². The van der Waals surface area contributed by atoms with Gasteiger partial charge in [-0.1, -0.05) is 29.1 Å². The molecule has 1 aromatic carbocycles. The fraction of sp³-hybridized carbons (Fsp3) is 0.176. The smallest absolute Gasteiger partial charge is 0.239 e. The van der Waals surface area contributed by atoms with Crippen LogP contribution in [0.1, 0.15) is 35.0 Å². The average molecular weight is 340 g/mol. The quantitative estimate of drug-likeness (QED) is 0.655. The zero-order valence-corrected chi connectivity index (χ0v) is 13.6. The summed E-state index contributed by atoms with van der Waals surface area (Å²) in [6.07, 6.45) is 2.07. The van der Waals surface area contributed by atoms with Crippen LogP contribution in [0.5, 0.6) is 0 Å². The molecule has 0 amide bonds. The molecule has 0 saturated heterocycles. The molecule has 0 bridgehead atoms. The Labute approximate surface area is 142 Å². The van der Waals surface area contributed by atoms with E-state index in [0.29, 0.717) is 23.7 Å². The number of hydrogen-bond donors (Lipinski definition) is 0. The van der Waals surface area contributed by atoms with Crippen LogP contribution in [0, 0.1) is 17.1 Å². The zero-order valence-electron chi connectivity index (χ0n) is 12.8. The Kier molecular flexibility index (Phi) is 4.87. The van der Waals surface area contributed by atoms with Crippen molar-refractivity contribution in [3.05, 3.63) is 71.3 Å². The van der Waals surface area contributed by atoms with Gasteiger partial charge in [0.1, 0.15) is 5.82 Å². The van der Waals surface area contributed by atoms with Crippen molar-refractivity contribution in [1.82, 2.24) is 15.1 Å². The van der Waals surface area contributed by atoms with Crippen molar-refractivity contribution < 1.29 is 8.91 Å². The Bertz CT molecular complexity index is 873. The molecule has 0 saturated carbocycles. The van der Waals surface area contributed by atoms with Crippen LogP contribution in [0.4, 0.5) is 4.39 Å². The fourth-order valence-electron chi connectivity index (χ4n) is 2.06. The van der Waals surface area contributed by atoms with Gasteiger partial charge < -0.3 is 4.52 Å². The number of aromatic nitrogens is 3. The molecule has 0 aliphatic carbocycles. The predicted molar refractivity (Wildman–Crippen MR) is 86.7 cm³/mol. The first-order valence-electron chi connectivity index (χ1n) is 7.24. The monoisotopic (exact) mass is 340 g/mol. The Morgan fingerprint density at radius 1 is 1.29 bits per heavy atom. The van der Waals surface area contributed by atoms with Crippen molar-refractivity contribution in [3.63, 3.8) is 0 Å². The average Bonchev–Trinajstić information content (AvgIpc) is 3.06. The molecule has 0 radical (unpaired) electrons. The van der Waals surface area contributed by atoms with Crippen LogP contribution >= 0.6 is 11.8 Å². The van der Waals surface area contributed by atoms with Gasteiger partial charge in [-0.05, 0) is 36.8 Å². The molecule has 0 aliphatic rings. The van der Waals surface area contributed by atoms with Gasteiger partial charge in [0, 0.05) is 12.6 Å². The summed E-state index contributed by atoms with van der Waals surface area (Å²) in [5.41, 5.74) is 1.47. The number of halogens is 1. The van der Waals surface area contributed by atoms with Crippen molar-refractivity contribution >= 4 is 11.8 Å². The Hall–Kier alpha value is -2.72. The number of nitrogens with zero attached hydrogens (tertiary/aromatic N) is 4. The Balaban J connectivity index is 1.68. The highest BCUT2D eigenvalue weighted by Gasteiger charge is 2.16. The number of nitriles is 1. The summed E-state index contributed by atoms with van der Waals surface area (Å²) in [6, 6.07) is 11.7. The van der Waals surface area contributed by atoms with Crippen LogP contribution < -0.4 is 0 Å². The minimum Gasteiger partial charge on any atom is -0.338 e. The van der Waals surface area contributed by atoms with Gasteiger partial charge in [0.05, 0.1) is 21.9 Å². The van der Waals surface area contributed by atoms with E-state index in [1.54, 1.807) is 30.5 Å². The van der Waals surface area contributed by atoms with Crippen LogP contribution in [-0.2, 0) is 6.42 Å². The van der Waals surface area contributed by atoms with Gasteiger partial charge in [0.15, 0.2) is 5.82 Å². The van der Waals surface area contributed by atoms with Gasteiger partial charge in [0.2, 0.25) is 5.89 Å². The van der Waals surface area contributed by atoms with E-state index in [4.69, 9.17) is 9.78 Å². The molecular formula is C17H13FN4OS. The molecular weight excluding hydrogens is 327 g/mol. The predicted octanol–water partition coefficient (Wildman–Crippen LogP) is 3.92. The van der Waals surface area contributed by atoms with Gasteiger partial charge >= 0.3 is 0 Å². The second-order valence-electron chi connectivity index (χ2n) is 5.11. The Morgan fingerprint density at radius 2 is 2.08 bits per heavy atom. The molecule has 0 fully saturated rings. The molecule has 2 aromatic heterocycles. The third-order valence-electron chi connectivity index (χ3n) is 3.27. The van der Waals surface area contributed by atoms with Gasteiger partial charge in [-0.15, -0.1) is 0 Å². The Morgan fingerprint density at radius 3 is 2.83 bits per heavy atom. The van der Waals surface area contributed by atoms with E-state index in [-0.39, 0.29) is 11.1 Å². The molecule has 3 rings (SSSR count). The van der Waals surface area contributed by atoms with Crippen LogP contribution in [0.2, 0.25) is 0 Å². The second kappa shape index (κ2) is 7.23. The van der Waals surface area contributed by atoms with Crippen molar-refractivity contribution in [1.29, 1.82) is 5.26 Å². The molecule has 0 spiro atoms. The second-order valence-corrected chi connectivity index (χ2v) is 6.47. The lowest BCUT2D eigenvalue weighted by Gasteiger charge is -2.05. The first-order chi connectivity index (χ1) is 11.6. The lowest BCUT2D eigenvalue weighted by molar-refractivity contribution is 0.375. The molecule has 0 aliphatic heterocycles. The zero-order chi connectivity index (χ0) is 16.9. The number of pyridine rings is 1. The van der Waals surface area contributed by atoms with Gasteiger partial charge in [-0.25, -0.2) is 9.37 Å². The molecule has 7 heteroatoms. The highest BCUT2D eigenvalue weighted by Crippen LogP contribution is 2.32. The standard InChI is InChI=1S/C17H13FN4OS/c1-11(24-16-9-13(10-19)6-7-20-16)17-21-15(22-23-17)8-12-2-4-14(18)5-3-12/h2-7,9,11H,8H2,1H3/t11-/m0/s1. The van der Waals surface area contributed by atoms with E-state index in [2.05, 4.69) is 21.2 Å². The van der Waals surface area contributed by atoms with E-state index in [1.807, 2.05) is 6.92 Å². The summed E-state index contributed by atoms with van der Waals surface area (Å²) in [5.74, 6) is 0.758. The molecule has 1 atom stereocenters. The molecule has 24 heavy (non-hydrogen) atoms. The SMILES string of the molecule is C[C@H](Sc1cc(C#N)ccn1)c1nc(Cc2ccc(F)cc2)no1. The van der Waals surface area contributed by atoms with E-state index in [0.717, 1.165) is 10.6 Å². The van der Waals surface area contributed by atoms with Crippen molar-refractivity contribution in [3.8, 4) is 6.07 Å². The van der Waals surface area contributed by atoms with Crippen molar-refractivity contribution in [2.24, 2.45) is 0 Å². The summed E-state index contributed by atoms with van der Waals surface area (Å²) in [7, 11) is 0. The lowest BCUT2D eigenvalue weighted by Crippen LogP contribution is -1.94. The number of benzene rings is 1. The summed E-state index contributed by atoms with van der Waals surface area (Å²) in [5, 5.41) is 13.5. The maximum absolute atomic E-state index is 12.9. The first kappa shape index (κ1) is 16.1. The van der Waals surface area contributed by atoms with Crippen LogP contribution in [0.25, 0.3) is 0 Å². The van der Waals surface area contributed by atoms with Gasteiger partial charge in [-0.2, -0.15) is 10.2 Å². The molecule has 0 unspecified atom stereocenters. The third-order valence-corrected chi connectivity index (χ3v) is 4.29.